The maximum Gasteiger partial charge on any atom is 0.254 e. The fourth-order valence-corrected chi connectivity index (χ4v) is 3.65. The highest BCUT2D eigenvalue weighted by molar-refractivity contribution is 6.42. The molecule has 9 heteroatoms. The lowest BCUT2D eigenvalue weighted by atomic mass is 10.2. The van der Waals surface area contributed by atoms with Crippen molar-refractivity contribution in [1.82, 2.24) is 9.80 Å². The Bertz CT molecular complexity index is 1010. The van der Waals surface area contributed by atoms with Crippen LogP contribution in [0, 0.1) is 5.82 Å². The summed E-state index contributed by atoms with van der Waals surface area (Å²) in [6, 6.07) is 10.1. The largest absolute Gasteiger partial charge is 0.326 e. The van der Waals surface area contributed by atoms with Crippen molar-refractivity contribution in [2.75, 3.05) is 24.7 Å². The van der Waals surface area contributed by atoms with Crippen LogP contribution in [0.2, 0.25) is 10.0 Å². The molecule has 0 spiro atoms. The molecule has 3 amide bonds. The summed E-state index contributed by atoms with van der Waals surface area (Å²) in [5.41, 5.74) is 0.872. The molecule has 1 saturated heterocycles. The van der Waals surface area contributed by atoms with E-state index in [1.165, 1.54) is 45.0 Å². The average molecular weight is 450 g/mol. The van der Waals surface area contributed by atoms with Crippen LogP contribution in [0.25, 0.3) is 0 Å². The predicted molar refractivity (Wildman–Crippen MR) is 111 cm³/mol. The van der Waals surface area contributed by atoms with Gasteiger partial charge in [0.15, 0.2) is 0 Å². The van der Waals surface area contributed by atoms with Crippen LogP contribution in [-0.2, 0) is 9.59 Å². The molecule has 156 valence electrons. The van der Waals surface area contributed by atoms with Gasteiger partial charge >= 0.3 is 0 Å². The third kappa shape index (κ3) is 4.27. The summed E-state index contributed by atoms with van der Waals surface area (Å²) in [6.07, 6.45) is 1.64. The zero-order chi connectivity index (χ0) is 21.4. The second-order valence-electron chi connectivity index (χ2n) is 7.32. The predicted octanol–water partition coefficient (Wildman–Crippen LogP) is 3.57. The number of hydrogen-bond acceptors (Lipinski definition) is 3. The van der Waals surface area contributed by atoms with E-state index in [-0.39, 0.29) is 48.5 Å². The Kier molecular flexibility index (Phi) is 5.66. The summed E-state index contributed by atoms with van der Waals surface area (Å²) in [7, 11) is 0. The van der Waals surface area contributed by atoms with Gasteiger partial charge in [-0.15, -0.1) is 0 Å². The van der Waals surface area contributed by atoms with E-state index in [2.05, 4.69) is 0 Å². The molecular weight excluding hydrogens is 432 g/mol. The monoisotopic (exact) mass is 449 g/mol. The maximum absolute atomic E-state index is 13.1. The number of amides is 3. The third-order valence-electron chi connectivity index (χ3n) is 5.15. The Morgan fingerprint density at radius 2 is 1.77 bits per heavy atom. The molecule has 2 aromatic rings. The third-order valence-corrected chi connectivity index (χ3v) is 5.89. The van der Waals surface area contributed by atoms with Gasteiger partial charge in [0.2, 0.25) is 11.8 Å². The van der Waals surface area contributed by atoms with Crippen molar-refractivity contribution in [2.24, 2.45) is 0 Å². The molecule has 0 radical (unpaired) electrons. The van der Waals surface area contributed by atoms with Crippen LogP contribution in [0.5, 0.6) is 0 Å². The summed E-state index contributed by atoms with van der Waals surface area (Å²) in [4.78, 5) is 42.5. The van der Waals surface area contributed by atoms with Crippen molar-refractivity contribution in [3.63, 3.8) is 0 Å². The van der Waals surface area contributed by atoms with Gasteiger partial charge < -0.3 is 9.80 Å². The van der Waals surface area contributed by atoms with E-state index in [9.17, 15) is 18.8 Å². The Morgan fingerprint density at radius 1 is 1.07 bits per heavy atom. The van der Waals surface area contributed by atoms with E-state index in [4.69, 9.17) is 23.2 Å². The van der Waals surface area contributed by atoms with Crippen molar-refractivity contribution in [3.05, 3.63) is 63.9 Å². The minimum atomic E-state index is -0.404. The summed E-state index contributed by atoms with van der Waals surface area (Å²) in [5.74, 6) is -1.29. The number of anilines is 1. The fourth-order valence-electron chi connectivity index (χ4n) is 3.36. The molecule has 6 nitrogen and oxygen atoms in total. The molecule has 30 heavy (non-hydrogen) atoms. The van der Waals surface area contributed by atoms with Crippen molar-refractivity contribution in [3.8, 4) is 0 Å². The second kappa shape index (κ2) is 8.24. The Labute approximate surface area is 182 Å². The van der Waals surface area contributed by atoms with Crippen molar-refractivity contribution >= 4 is 46.6 Å². The zero-order valence-electron chi connectivity index (χ0n) is 15.9. The highest BCUT2D eigenvalue weighted by atomic mass is 35.5. The summed E-state index contributed by atoms with van der Waals surface area (Å²) in [5, 5.41) is 0.614. The lowest BCUT2D eigenvalue weighted by molar-refractivity contribution is -0.132. The quantitative estimate of drug-likeness (QED) is 0.700. The fraction of sp³-hybridized carbons (Fsp3) is 0.286. The van der Waals surface area contributed by atoms with E-state index >= 15 is 0 Å². The first kappa shape index (κ1) is 20.6. The van der Waals surface area contributed by atoms with E-state index < -0.39 is 5.82 Å². The molecule has 1 saturated carbocycles. The van der Waals surface area contributed by atoms with Crippen LogP contribution in [0.15, 0.2) is 42.5 Å². The normalized spacial score (nSPS) is 16.2. The molecule has 0 unspecified atom stereocenters. The first-order valence-electron chi connectivity index (χ1n) is 9.43. The van der Waals surface area contributed by atoms with E-state index in [1.54, 1.807) is 12.1 Å². The van der Waals surface area contributed by atoms with E-state index in [0.29, 0.717) is 16.3 Å². The smallest absolute Gasteiger partial charge is 0.254 e. The topological polar surface area (TPSA) is 60.9 Å². The molecule has 1 aliphatic heterocycles. The van der Waals surface area contributed by atoms with Gasteiger partial charge in [0.1, 0.15) is 25.6 Å². The van der Waals surface area contributed by atoms with Gasteiger partial charge in [-0.1, -0.05) is 23.2 Å². The Hall–Kier alpha value is -2.64. The molecule has 2 fully saturated rings. The summed E-state index contributed by atoms with van der Waals surface area (Å²) >= 11 is 11.9. The molecule has 2 aromatic carbocycles. The minimum Gasteiger partial charge on any atom is -0.326 e. The summed E-state index contributed by atoms with van der Waals surface area (Å²) in [6.45, 7) is -0.160. The van der Waals surface area contributed by atoms with Crippen LogP contribution in [-0.4, -0.2) is 53.3 Å². The van der Waals surface area contributed by atoms with Crippen LogP contribution in [0.3, 0.4) is 0 Å². The second-order valence-corrected chi connectivity index (χ2v) is 8.14. The number of nitrogens with zero attached hydrogens (tertiary/aromatic N) is 3. The highest BCUT2D eigenvalue weighted by Crippen LogP contribution is 2.30. The molecule has 1 heterocycles. The number of rotatable bonds is 5. The number of benzene rings is 2. The maximum atomic E-state index is 13.1. The van der Waals surface area contributed by atoms with Gasteiger partial charge in [0.05, 0.1) is 10.0 Å². The van der Waals surface area contributed by atoms with Crippen LogP contribution in [0.1, 0.15) is 23.2 Å². The number of carbonyl (C=O) groups excluding carboxylic acids is 3. The van der Waals surface area contributed by atoms with Crippen LogP contribution >= 0.6 is 23.2 Å². The first-order chi connectivity index (χ1) is 14.3. The van der Waals surface area contributed by atoms with Gasteiger partial charge in [-0.3, -0.25) is 19.3 Å². The molecule has 0 aromatic heterocycles. The molecule has 4 rings (SSSR count). The zero-order valence-corrected chi connectivity index (χ0v) is 17.4. The number of hydrogen-bond donors (Lipinski definition) is 0. The Morgan fingerprint density at radius 3 is 2.40 bits per heavy atom. The molecule has 0 N–H and O–H groups in total. The van der Waals surface area contributed by atoms with Gasteiger partial charge in [-0.2, -0.15) is 0 Å². The molecule has 0 bridgehead atoms. The Balaban J connectivity index is 1.46. The van der Waals surface area contributed by atoms with Gasteiger partial charge in [-0.25, -0.2) is 4.39 Å². The summed E-state index contributed by atoms with van der Waals surface area (Å²) < 4.78 is 13.1. The lowest BCUT2D eigenvalue weighted by Gasteiger charge is -2.25. The van der Waals surface area contributed by atoms with Gasteiger partial charge in [-0.05, 0) is 55.3 Å². The molecule has 1 aliphatic carbocycles. The standard InChI is InChI=1S/C21H18Cl2FN3O3/c22-17-8-1-13(9-18(17)23)21(30)26(15-6-7-15)11-19(28)25-10-20(29)27(12-25)16-4-2-14(24)3-5-16/h1-5,8-9,15H,6-7,10-12H2. The average Bonchev–Trinajstić information content (AvgIpc) is 3.49. The first-order valence-corrected chi connectivity index (χ1v) is 10.2. The van der Waals surface area contributed by atoms with Crippen molar-refractivity contribution in [1.29, 1.82) is 0 Å². The molecule has 2 aliphatic rings. The minimum absolute atomic E-state index is 0.0117. The number of halogens is 3. The van der Waals surface area contributed by atoms with E-state index in [0.717, 1.165) is 12.8 Å². The number of carbonyl (C=O) groups is 3. The van der Waals surface area contributed by atoms with Gasteiger partial charge in [0, 0.05) is 17.3 Å². The van der Waals surface area contributed by atoms with E-state index in [1.807, 2.05) is 0 Å². The van der Waals surface area contributed by atoms with Crippen molar-refractivity contribution in [2.45, 2.75) is 18.9 Å². The van der Waals surface area contributed by atoms with Gasteiger partial charge in [0.25, 0.3) is 5.91 Å². The van der Waals surface area contributed by atoms with Crippen LogP contribution < -0.4 is 4.90 Å². The molecular formula is C21H18Cl2FN3O3. The molecule has 0 atom stereocenters. The highest BCUT2D eigenvalue weighted by Gasteiger charge is 2.38. The van der Waals surface area contributed by atoms with Crippen LogP contribution in [0.4, 0.5) is 10.1 Å². The SMILES string of the molecule is O=C(CN(C(=O)c1ccc(Cl)c(Cl)c1)C1CC1)N1CC(=O)N(c2ccc(F)cc2)C1. The van der Waals surface area contributed by atoms with Crippen molar-refractivity contribution < 1.29 is 18.8 Å². The lowest BCUT2D eigenvalue weighted by Crippen LogP contribution is -2.43.